The van der Waals surface area contributed by atoms with Crippen LogP contribution in [-0.4, -0.2) is 22.7 Å². The Bertz CT molecular complexity index is 635. The van der Waals surface area contributed by atoms with Crippen molar-refractivity contribution in [2.45, 2.75) is 25.3 Å². The second-order valence-electron chi connectivity index (χ2n) is 5.16. The van der Waals surface area contributed by atoms with E-state index in [4.69, 9.17) is 4.74 Å². The summed E-state index contributed by atoms with van der Waals surface area (Å²) < 4.78 is 7.38. The first-order valence-corrected chi connectivity index (χ1v) is 7.33. The van der Waals surface area contributed by atoms with Gasteiger partial charge in [0.25, 0.3) is 5.56 Å². The fourth-order valence-electron chi connectivity index (χ4n) is 2.17. The van der Waals surface area contributed by atoms with Crippen LogP contribution in [0.4, 0.5) is 5.82 Å². The Kier molecular flexibility index (Phi) is 4.19. The van der Waals surface area contributed by atoms with Gasteiger partial charge < -0.3 is 14.6 Å². The monoisotopic (exact) mass is 285 g/mol. The highest BCUT2D eigenvalue weighted by Gasteiger charge is 2.25. The molecule has 0 unspecified atom stereocenters. The zero-order valence-corrected chi connectivity index (χ0v) is 11.9. The van der Waals surface area contributed by atoms with Gasteiger partial charge in [-0.1, -0.05) is 18.2 Å². The van der Waals surface area contributed by atoms with Gasteiger partial charge >= 0.3 is 0 Å². The highest BCUT2D eigenvalue weighted by Crippen LogP contribution is 2.33. The molecular weight excluding hydrogens is 266 g/mol. The van der Waals surface area contributed by atoms with Crippen LogP contribution in [0.25, 0.3) is 0 Å². The van der Waals surface area contributed by atoms with Crippen molar-refractivity contribution in [3.63, 3.8) is 0 Å². The van der Waals surface area contributed by atoms with Crippen LogP contribution < -0.4 is 15.6 Å². The topological polar surface area (TPSA) is 56.1 Å². The standard InChI is InChI=1S/C16H19N3O2/c20-16-15(18-10-11-19(16)13-7-8-13)17-9-4-12-21-14-5-2-1-3-6-14/h1-3,5-6,10-11,13H,4,7-9,12H2,(H,17,18). The molecule has 1 fully saturated rings. The summed E-state index contributed by atoms with van der Waals surface area (Å²) in [7, 11) is 0. The molecule has 2 aromatic rings. The molecule has 0 bridgehead atoms. The van der Waals surface area contributed by atoms with E-state index in [1.165, 1.54) is 0 Å². The van der Waals surface area contributed by atoms with E-state index in [0.29, 0.717) is 25.0 Å². The Balaban J connectivity index is 1.45. The van der Waals surface area contributed by atoms with Crippen LogP contribution in [0.1, 0.15) is 25.3 Å². The minimum absolute atomic E-state index is 0.0241. The van der Waals surface area contributed by atoms with Crippen LogP contribution in [0.3, 0.4) is 0 Å². The van der Waals surface area contributed by atoms with Gasteiger partial charge in [-0.15, -0.1) is 0 Å². The molecule has 21 heavy (non-hydrogen) atoms. The lowest BCUT2D eigenvalue weighted by molar-refractivity contribution is 0.315. The lowest BCUT2D eigenvalue weighted by Gasteiger charge is -2.09. The summed E-state index contributed by atoms with van der Waals surface area (Å²) in [5.41, 5.74) is -0.0241. The number of nitrogens with one attached hydrogen (secondary N) is 1. The second kappa shape index (κ2) is 6.43. The number of benzene rings is 1. The first-order valence-electron chi connectivity index (χ1n) is 7.33. The third-order valence-corrected chi connectivity index (χ3v) is 3.43. The first kappa shape index (κ1) is 13.7. The van der Waals surface area contributed by atoms with Crippen LogP contribution in [0.15, 0.2) is 47.5 Å². The highest BCUT2D eigenvalue weighted by molar-refractivity contribution is 5.31. The fraction of sp³-hybridized carbons (Fsp3) is 0.375. The predicted octanol–water partition coefficient (Wildman–Crippen LogP) is 2.46. The average Bonchev–Trinajstić information content (AvgIpc) is 3.34. The van der Waals surface area contributed by atoms with Crippen molar-refractivity contribution in [2.24, 2.45) is 0 Å². The summed E-state index contributed by atoms with van der Waals surface area (Å²) in [6.07, 6.45) is 6.45. The summed E-state index contributed by atoms with van der Waals surface area (Å²) >= 11 is 0. The molecule has 1 aliphatic rings. The molecule has 0 saturated heterocycles. The quantitative estimate of drug-likeness (QED) is 0.794. The summed E-state index contributed by atoms with van der Waals surface area (Å²) in [4.78, 5) is 16.3. The van der Waals surface area contributed by atoms with Crippen LogP contribution >= 0.6 is 0 Å². The third-order valence-electron chi connectivity index (χ3n) is 3.43. The van der Waals surface area contributed by atoms with Crippen LogP contribution in [0.2, 0.25) is 0 Å². The molecule has 0 amide bonds. The number of aromatic nitrogens is 2. The minimum atomic E-state index is -0.0241. The van der Waals surface area contributed by atoms with Gasteiger partial charge in [0.2, 0.25) is 0 Å². The second-order valence-corrected chi connectivity index (χ2v) is 5.16. The zero-order valence-electron chi connectivity index (χ0n) is 11.9. The molecule has 3 rings (SSSR count). The van der Waals surface area contributed by atoms with Crippen LogP contribution in [0, 0.1) is 0 Å². The maximum Gasteiger partial charge on any atom is 0.293 e. The van der Waals surface area contributed by atoms with Crippen LogP contribution in [-0.2, 0) is 0 Å². The highest BCUT2D eigenvalue weighted by atomic mass is 16.5. The normalized spacial score (nSPS) is 13.9. The Morgan fingerprint density at radius 2 is 2.10 bits per heavy atom. The number of para-hydroxylation sites is 1. The molecule has 0 radical (unpaired) electrons. The van der Waals surface area contributed by atoms with Gasteiger partial charge in [0.15, 0.2) is 5.82 Å². The maximum atomic E-state index is 12.1. The molecule has 1 saturated carbocycles. The van der Waals surface area contributed by atoms with Gasteiger partial charge in [0, 0.05) is 25.0 Å². The third kappa shape index (κ3) is 3.62. The van der Waals surface area contributed by atoms with Gasteiger partial charge in [0.05, 0.1) is 6.61 Å². The Hall–Kier alpha value is -2.30. The Morgan fingerprint density at radius 3 is 2.86 bits per heavy atom. The zero-order chi connectivity index (χ0) is 14.5. The number of nitrogens with zero attached hydrogens (tertiary/aromatic N) is 2. The van der Waals surface area contributed by atoms with Gasteiger partial charge in [-0.05, 0) is 31.4 Å². The van der Waals surface area contributed by atoms with Gasteiger partial charge in [-0.2, -0.15) is 0 Å². The Morgan fingerprint density at radius 1 is 1.29 bits per heavy atom. The van der Waals surface area contributed by atoms with E-state index in [-0.39, 0.29) is 5.56 Å². The lowest BCUT2D eigenvalue weighted by Crippen LogP contribution is -2.24. The number of hydrogen-bond acceptors (Lipinski definition) is 4. The largest absolute Gasteiger partial charge is 0.494 e. The molecular formula is C16H19N3O2. The average molecular weight is 285 g/mol. The van der Waals surface area contributed by atoms with Gasteiger partial charge in [-0.25, -0.2) is 4.98 Å². The van der Waals surface area contributed by atoms with Crippen molar-refractivity contribution in [1.29, 1.82) is 0 Å². The molecule has 1 heterocycles. The van der Waals surface area contributed by atoms with E-state index in [1.807, 2.05) is 30.3 Å². The lowest BCUT2D eigenvalue weighted by atomic mass is 10.3. The molecule has 1 aromatic heterocycles. The van der Waals surface area contributed by atoms with E-state index < -0.39 is 0 Å². The first-order chi connectivity index (χ1) is 10.3. The molecule has 1 aliphatic carbocycles. The Labute approximate surface area is 123 Å². The molecule has 110 valence electrons. The summed E-state index contributed by atoms with van der Waals surface area (Å²) in [5.74, 6) is 1.30. The van der Waals surface area contributed by atoms with E-state index in [1.54, 1.807) is 17.0 Å². The van der Waals surface area contributed by atoms with Crippen LogP contribution in [0.5, 0.6) is 5.75 Å². The van der Waals surface area contributed by atoms with Crippen molar-refractivity contribution >= 4 is 5.82 Å². The van der Waals surface area contributed by atoms with Crippen molar-refractivity contribution in [2.75, 3.05) is 18.5 Å². The van der Waals surface area contributed by atoms with Gasteiger partial charge in [0.1, 0.15) is 5.75 Å². The van der Waals surface area contributed by atoms with Crippen molar-refractivity contribution in [1.82, 2.24) is 9.55 Å². The summed E-state index contributed by atoms with van der Waals surface area (Å²) in [6, 6.07) is 10.1. The van der Waals surface area contributed by atoms with E-state index in [0.717, 1.165) is 25.0 Å². The summed E-state index contributed by atoms with van der Waals surface area (Å²) in [5, 5.41) is 3.10. The fourth-order valence-corrected chi connectivity index (χ4v) is 2.17. The smallest absolute Gasteiger partial charge is 0.293 e. The molecule has 5 heteroatoms. The molecule has 1 N–H and O–H groups in total. The van der Waals surface area contributed by atoms with E-state index in [2.05, 4.69) is 10.3 Å². The number of rotatable bonds is 7. The molecule has 0 atom stereocenters. The molecule has 0 aliphatic heterocycles. The number of hydrogen-bond donors (Lipinski definition) is 1. The SMILES string of the molecule is O=c1c(NCCCOc2ccccc2)nccn1C1CC1. The number of ether oxygens (including phenoxy) is 1. The van der Waals surface area contributed by atoms with Crippen molar-refractivity contribution in [3.8, 4) is 5.75 Å². The van der Waals surface area contributed by atoms with Crippen molar-refractivity contribution < 1.29 is 4.74 Å². The van der Waals surface area contributed by atoms with Crippen molar-refractivity contribution in [3.05, 3.63) is 53.1 Å². The minimum Gasteiger partial charge on any atom is -0.494 e. The molecule has 0 spiro atoms. The van der Waals surface area contributed by atoms with E-state index in [9.17, 15) is 4.79 Å². The molecule has 5 nitrogen and oxygen atoms in total. The number of anilines is 1. The summed E-state index contributed by atoms with van der Waals surface area (Å²) in [6.45, 7) is 1.28. The molecule has 1 aromatic carbocycles. The van der Waals surface area contributed by atoms with E-state index >= 15 is 0 Å². The maximum absolute atomic E-state index is 12.1. The van der Waals surface area contributed by atoms with Gasteiger partial charge in [-0.3, -0.25) is 4.79 Å². The predicted molar refractivity (Wildman–Crippen MR) is 81.8 cm³/mol.